The zero-order chi connectivity index (χ0) is 17.6. The number of piperazine rings is 1. The number of carbonyl (C=O) groups is 1. The van der Waals surface area contributed by atoms with Gasteiger partial charge in [0.05, 0.1) is 13.2 Å². The molecule has 1 aromatic rings. The summed E-state index contributed by atoms with van der Waals surface area (Å²) in [5.74, 6) is 1.36. The van der Waals surface area contributed by atoms with E-state index in [4.69, 9.17) is 4.74 Å². The van der Waals surface area contributed by atoms with Crippen molar-refractivity contribution in [3.8, 4) is 5.75 Å². The molecule has 4 atom stereocenters. The second kappa shape index (κ2) is 6.29. The summed E-state index contributed by atoms with van der Waals surface area (Å²) in [4.78, 5) is 17.6. The average Bonchev–Trinajstić information content (AvgIpc) is 3.32. The Labute approximate surface area is 149 Å². The summed E-state index contributed by atoms with van der Waals surface area (Å²) in [7, 11) is 0. The quantitative estimate of drug-likeness (QED) is 0.906. The average molecular weight is 344 g/mol. The minimum atomic E-state index is 0.000631. The van der Waals surface area contributed by atoms with Gasteiger partial charge in [0, 0.05) is 48.6 Å². The van der Waals surface area contributed by atoms with Gasteiger partial charge in [-0.05, 0) is 32.8 Å². The van der Waals surface area contributed by atoms with Crippen LogP contribution in [0.3, 0.4) is 0 Å². The first kappa shape index (κ1) is 16.9. The number of ether oxygens (including phenoxy) is 1. The molecular formula is C20H28N2O3. The molecule has 136 valence electrons. The van der Waals surface area contributed by atoms with Crippen LogP contribution in [0.25, 0.3) is 0 Å². The molecule has 0 unspecified atom stereocenters. The third-order valence-electron chi connectivity index (χ3n) is 6.37. The molecule has 1 spiro atoms. The fourth-order valence-electron chi connectivity index (χ4n) is 5.00. The van der Waals surface area contributed by atoms with Crippen molar-refractivity contribution >= 4 is 5.91 Å². The summed E-state index contributed by atoms with van der Waals surface area (Å²) in [6, 6.07) is 8.78. The summed E-state index contributed by atoms with van der Waals surface area (Å²) in [5, 5.41) is 9.25. The van der Waals surface area contributed by atoms with Crippen LogP contribution in [0, 0.1) is 5.92 Å². The first-order valence-electron chi connectivity index (χ1n) is 9.44. The molecule has 1 saturated carbocycles. The largest absolute Gasteiger partial charge is 0.493 e. The number of benzene rings is 1. The van der Waals surface area contributed by atoms with Crippen molar-refractivity contribution in [1.82, 2.24) is 9.80 Å². The molecule has 0 radical (unpaired) electrons. The van der Waals surface area contributed by atoms with Crippen molar-refractivity contribution in [1.29, 1.82) is 0 Å². The van der Waals surface area contributed by atoms with E-state index in [1.54, 1.807) is 0 Å². The number of rotatable bonds is 3. The van der Waals surface area contributed by atoms with Crippen LogP contribution in [0.1, 0.15) is 32.3 Å². The second-order valence-corrected chi connectivity index (χ2v) is 7.91. The Kier molecular flexibility index (Phi) is 4.24. The topological polar surface area (TPSA) is 53.0 Å². The molecule has 1 N–H and O–H groups in total. The monoisotopic (exact) mass is 344 g/mol. The molecular weight excluding hydrogens is 316 g/mol. The van der Waals surface area contributed by atoms with Crippen LogP contribution in [0.15, 0.2) is 24.3 Å². The van der Waals surface area contributed by atoms with Crippen LogP contribution in [0.4, 0.5) is 0 Å². The molecule has 1 aromatic carbocycles. The zero-order valence-corrected chi connectivity index (χ0v) is 15.1. The summed E-state index contributed by atoms with van der Waals surface area (Å²) < 4.78 is 5.79. The fourth-order valence-corrected chi connectivity index (χ4v) is 5.00. The van der Waals surface area contributed by atoms with Gasteiger partial charge in [-0.3, -0.25) is 9.69 Å². The van der Waals surface area contributed by atoms with Gasteiger partial charge in [-0.2, -0.15) is 0 Å². The van der Waals surface area contributed by atoms with Gasteiger partial charge in [-0.15, -0.1) is 0 Å². The Hall–Kier alpha value is -1.59. The summed E-state index contributed by atoms with van der Waals surface area (Å²) in [6.07, 6.45) is 1.89. The first-order chi connectivity index (χ1) is 12.1. The molecule has 0 aromatic heterocycles. The number of hydrogen-bond donors (Lipinski definition) is 1. The number of fused-ring (bicyclic) bond motifs is 2. The van der Waals surface area contributed by atoms with Crippen LogP contribution in [-0.2, 0) is 10.2 Å². The lowest BCUT2D eigenvalue weighted by Crippen LogP contribution is -2.59. The van der Waals surface area contributed by atoms with Gasteiger partial charge >= 0.3 is 0 Å². The van der Waals surface area contributed by atoms with E-state index in [9.17, 15) is 9.90 Å². The maximum atomic E-state index is 13.2. The standard InChI is InChI=1S/C20H28N2O3/c1-14-12-21(13-15(2)22(14)8-9-23)19(24)17-11-20(17)7-10-25-18-6-4-3-5-16(18)20/h3-6,14-15,17,23H,7-13H2,1-2H3/t14-,15+,17-,20-/m0/s1. The minimum Gasteiger partial charge on any atom is -0.493 e. The molecule has 5 nitrogen and oxygen atoms in total. The Morgan fingerprint density at radius 2 is 2.00 bits per heavy atom. The van der Waals surface area contributed by atoms with Gasteiger partial charge in [-0.25, -0.2) is 0 Å². The predicted molar refractivity (Wildman–Crippen MR) is 95.6 cm³/mol. The lowest BCUT2D eigenvalue weighted by Gasteiger charge is -2.44. The van der Waals surface area contributed by atoms with Crippen LogP contribution in [0.2, 0.25) is 0 Å². The van der Waals surface area contributed by atoms with E-state index in [1.165, 1.54) is 5.56 Å². The third kappa shape index (κ3) is 2.74. The molecule has 4 rings (SSSR count). The van der Waals surface area contributed by atoms with Gasteiger partial charge in [0.15, 0.2) is 0 Å². The Balaban J connectivity index is 1.49. The minimum absolute atomic E-state index is 0.000631. The normalized spacial score (nSPS) is 34.5. The molecule has 1 aliphatic carbocycles. The van der Waals surface area contributed by atoms with Crippen molar-refractivity contribution in [2.75, 3.05) is 32.8 Å². The number of nitrogens with zero attached hydrogens (tertiary/aromatic N) is 2. The Bertz CT molecular complexity index is 652. The first-order valence-corrected chi connectivity index (χ1v) is 9.44. The Morgan fingerprint density at radius 3 is 2.72 bits per heavy atom. The van der Waals surface area contributed by atoms with E-state index in [0.717, 1.165) is 31.7 Å². The van der Waals surface area contributed by atoms with Crippen molar-refractivity contribution < 1.29 is 14.6 Å². The van der Waals surface area contributed by atoms with Gasteiger partial charge in [-0.1, -0.05) is 18.2 Å². The lowest BCUT2D eigenvalue weighted by molar-refractivity contribution is -0.137. The SMILES string of the molecule is C[C@@H]1CN(C(=O)[C@@H]2C[C@]23CCOc2ccccc23)C[C@H](C)N1CCO. The van der Waals surface area contributed by atoms with Crippen LogP contribution in [0.5, 0.6) is 5.75 Å². The number of hydrogen-bond acceptors (Lipinski definition) is 4. The van der Waals surface area contributed by atoms with Crippen molar-refractivity contribution in [2.24, 2.45) is 5.92 Å². The molecule has 1 amide bonds. The van der Waals surface area contributed by atoms with Crippen LogP contribution < -0.4 is 4.74 Å². The van der Waals surface area contributed by atoms with Gasteiger partial charge in [0.25, 0.3) is 0 Å². The highest BCUT2D eigenvalue weighted by molar-refractivity contribution is 5.85. The highest BCUT2D eigenvalue weighted by Crippen LogP contribution is 2.61. The number of amides is 1. The lowest BCUT2D eigenvalue weighted by atomic mass is 9.87. The van der Waals surface area contributed by atoms with E-state index in [0.29, 0.717) is 19.1 Å². The van der Waals surface area contributed by atoms with Gasteiger partial charge < -0.3 is 14.7 Å². The van der Waals surface area contributed by atoms with Crippen molar-refractivity contribution in [3.63, 3.8) is 0 Å². The van der Waals surface area contributed by atoms with Crippen molar-refractivity contribution in [3.05, 3.63) is 29.8 Å². The molecule has 2 fully saturated rings. The number of β-amino-alcohol motifs (C(OH)–C–C–N with tert-alkyl or cyclic N) is 1. The summed E-state index contributed by atoms with van der Waals surface area (Å²) in [6.45, 7) is 7.38. The zero-order valence-electron chi connectivity index (χ0n) is 15.1. The molecule has 2 heterocycles. The smallest absolute Gasteiger partial charge is 0.226 e. The number of aliphatic hydroxyl groups excluding tert-OH is 1. The van der Waals surface area contributed by atoms with E-state index in [1.807, 2.05) is 18.2 Å². The van der Waals surface area contributed by atoms with E-state index < -0.39 is 0 Å². The second-order valence-electron chi connectivity index (χ2n) is 7.91. The maximum Gasteiger partial charge on any atom is 0.226 e. The van der Waals surface area contributed by atoms with Gasteiger partial charge in [0.1, 0.15) is 5.75 Å². The van der Waals surface area contributed by atoms with E-state index in [-0.39, 0.29) is 30.0 Å². The predicted octanol–water partition coefficient (Wildman–Crippen LogP) is 1.64. The third-order valence-corrected chi connectivity index (χ3v) is 6.37. The molecule has 5 heteroatoms. The number of aliphatic hydroxyl groups is 1. The molecule has 25 heavy (non-hydrogen) atoms. The molecule has 2 aliphatic heterocycles. The van der Waals surface area contributed by atoms with E-state index >= 15 is 0 Å². The maximum absolute atomic E-state index is 13.2. The van der Waals surface area contributed by atoms with Crippen LogP contribution in [-0.4, -0.2) is 65.7 Å². The number of carbonyl (C=O) groups excluding carboxylic acids is 1. The Morgan fingerprint density at radius 1 is 1.28 bits per heavy atom. The molecule has 1 saturated heterocycles. The highest BCUT2D eigenvalue weighted by atomic mass is 16.5. The highest BCUT2D eigenvalue weighted by Gasteiger charge is 2.62. The van der Waals surface area contributed by atoms with Crippen LogP contribution >= 0.6 is 0 Å². The van der Waals surface area contributed by atoms with E-state index in [2.05, 4.69) is 29.7 Å². The van der Waals surface area contributed by atoms with Crippen molar-refractivity contribution in [2.45, 2.75) is 44.2 Å². The molecule has 0 bridgehead atoms. The van der Waals surface area contributed by atoms with Gasteiger partial charge in [0.2, 0.25) is 5.91 Å². The number of para-hydroxylation sites is 1. The summed E-state index contributed by atoms with van der Waals surface area (Å²) >= 11 is 0. The molecule has 3 aliphatic rings. The summed E-state index contributed by atoms with van der Waals surface area (Å²) in [5.41, 5.74) is 1.22. The fraction of sp³-hybridized carbons (Fsp3) is 0.650.